The molecular formula is C27H28ClN3O. The SMILES string of the molecule is CCN(CC)Cc1cc(Nc2ccnc3cc(Cl)ccc23)ccc1-c1ccc(OC)cc1. The van der Waals surface area contributed by atoms with Gasteiger partial charge in [-0.3, -0.25) is 9.88 Å². The Labute approximate surface area is 194 Å². The third-order valence-corrected chi connectivity index (χ3v) is 6.01. The molecule has 0 aliphatic carbocycles. The lowest BCUT2D eigenvalue weighted by Gasteiger charge is -2.21. The summed E-state index contributed by atoms with van der Waals surface area (Å²) in [7, 11) is 1.69. The number of nitrogens with zero attached hydrogens (tertiary/aromatic N) is 2. The van der Waals surface area contributed by atoms with E-state index in [1.54, 1.807) is 7.11 Å². The maximum Gasteiger partial charge on any atom is 0.118 e. The molecule has 0 radical (unpaired) electrons. The molecule has 164 valence electrons. The summed E-state index contributed by atoms with van der Waals surface area (Å²) in [6.45, 7) is 7.30. The Morgan fingerprint density at radius 2 is 1.72 bits per heavy atom. The van der Waals surface area contributed by atoms with Crippen LogP contribution in [-0.2, 0) is 6.54 Å². The smallest absolute Gasteiger partial charge is 0.118 e. The zero-order valence-electron chi connectivity index (χ0n) is 18.7. The minimum atomic E-state index is 0.688. The van der Waals surface area contributed by atoms with Crippen molar-refractivity contribution >= 4 is 33.9 Å². The zero-order chi connectivity index (χ0) is 22.5. The highest BCUT2D eigenvalue weighted by Crippen LogP contribution is 2.32. The third kappa shape index (κ3) is 4.87. The first-order valence-corrected chi connectivity index (χ1v) is 11.3. The van der Waals surface area contributed by atoms with Gasteiger partial charge in [-0.1, -0.05) is 43.6 Å². The maximum atomic E-state index is 6.15. The van der Waals surface area contributed by atoms with Gasteiger partial charge in [0, 0.05) is 34.5 Å². The van der Waals surface area contributed by atoms with E-state index in [0.29, 0.717) is 5.02 Å². The minimum absolute atomic E-state index is 0.688. The summed E-state index contributed by atoms with van der Waals surface area (Å²) in [6, 6.07) is 22.6. The van der Waals surface area contributed by atoms with Crippen LogP contribution in [0, 0.1) is 0 Å². The van der Waals surface area contributed by atoms with Crippen LogP contribution >= 0.6 is 11.6 Å². The second kappa shape index (κ2) is 10.0. The molecule has 0 aliphatic rings. The summed E-state index contributed by atoms with van der Waals surface area (Å²) >= 11 is 6.15. The molecule has 0 amide bonds. The molecule has 0 saturated heterocycles. The fourth-order valence-electron chi connectivity index (χ4n) is 3.93. The van der Waals surface area contributed by atoms with Crippen LogP contribution in [0.4, 0.5) is 11.4 Å². The number of pyridine rings is 1. The van der Waals surface area contributed by atoms with Crippen LogP contribution in [0.25, 0.3) is 22.0 Å². The van der Waals surface area contributed by atoms with E-state index >= 15 is 0 Å². The highest BCUT2D eigenvalue weighted by molar-refractivity contribution is 6.31. The normalized spacial score (nSPS) is 11.2. The van der Waals surface area contributed by atoms with E-state index in [4.69, 9.17) is 16.3 Å². The summed E-state index contributed by atoms with van der Waals surface area (Å²) in [6.07, 6.45) is 1.81. The lowest BCUT2D eigenvalue weighted by molar-refractivity contribution is 0.296. The van der Waals surface area contributed by atoms with Gasteiger partial charge in [0.15, 0.2) is 0 Å². The molecule has 32 heavy (non-hydrogen) atoms. The Kier molecular flexibility index (Phi) is 6.93. The average molecular weight is 446 g/mol. The lowest BCUT2D eigenvalue weighted by atomic mass is 9.98. The van der Waals surface area contributed by atoms with Crippen molar-refractivity contribution in [3.05, 3.63) is 83.5 Å². The first-order valence-electron chi connectivity index (χ1n) is 10.9. The molecule has 4 aromatic rings. The van der Waals surface area contributed by atoms with Crippen LogP contribution in [0.3, 0.4) is 0 Å². The van der Waals surface area contributed by atoms with Crippen LogP contribution in [-0.4, -0.2) is 30.1 Å². The van der Waals surface area contributed by atoms with E-state index in [2.05, 4.69) is 59.4 Å². The molecule has 0 atom stereocenters. The van der Waals surface area contributed by atoms with Gasteiger partial charge in [0.25, 0.3) is 0 Å². The predicted octanol–water partition coefficient (Wildman–Crippen LogP) is 7.15. The number of fused-ring (bicyclic) bond motifs is 1. The van der Waals surface area contributed by atoms with Gasteiger partial charge < -0.3 is 10.1 Å². The molecule has 1 aromatic heterocycles. The third-order valence-electron chi connectivity index (χ3n) is 5.78. The van der Waals surface area contributed by atoms with Crippen LogP contribution in [0.2, 0.25) is 5.02 Å². The number of aromatic nitrogens is 1. The number of benzene rings is 3. The van der Waals surface area contributed by atoms with E-state index in [1.165, 1.54) is 16.7 Å². The van der Waals surface area contributed by atoms with Gasteiger partial charge in [-0.15, -0.1) is 0 Å². The molecule has 0 fully saturated rings. The second-order valence-electron chi connectivity index (χ2n) is 7.71. The molecule has 4 rings (SSSR count). The molecule has 5 heteroatoms. The maximum absolute atomic E-state index is 6.15. The molecule has 0 unspecified atom stereocenters. The van der Waals surface area contributed by atoms with E-state index in [0.717, 1.165) is 47.7 Å². The standard InChI is InChI=1S/C27H28ClN3O/c1-4-31(5-2)18-20-16-22(9-13-24(20)19-6-10-23(32-3)11-7-19)30-26-14-15-29-27-17-21(28)8-12-25(26)27/h6-17H,4-5,18H2,1-3H3,(H,29,30). The molecule has 4 nitrogen and oxygen atoms in total. The van der Waals surface area contributed by atoms with Crippen molar-refractivity contribution in [3.63, 3.8) is 0 Å². The Hall–Kier alpha value is -3.08. The van der Waals surface area contributed by atoms with Gasteiger partial charge in [0.1, 0.15) is 5.75 Å². The molecule has 0 spiro atoms. The number of hydrogen-bond acceptors (Lipinski definition) is 4. The highest BCUT2D eigenvalue weighted by atomic mass is 35.5. The van der Waals surface area contributed by atoms with Gasteiger partial charge in [0.05, 0.1) is 12.6 Å². The molecule has 0 aliphatic heterocycles. The summed E-state index contributed by atoms with van der Waals surface area (Å²) in [5, 5.41) is 5.32. The molecule has 0 bridgehead atoms. The van der Waals surface area contributed by atoms with E-state index in [9.17, 15) is 0 Å². The quantitative estimate of drug-likeness (QED) is 0.312. The van der Waals surface area contributed by atoms with Crippen molar-refractivity contribution in [1.29, 1.82) is 0 Å². The van der Waals surface area contributed by atoms with Crippen LogP contribution in [0.15, 0.2) is 72.9 Å². The number of halogens is 1. The Bertz CT molecular complexity index is 1200. The van der Waals surface area contributed by atoms with Crippen LogP contribution < -0.4 is 10.1 Å². The summed E-state index contributed by atoms with van der Waals surface area (Å²) in [5.41, 5.74) is 6.63. The van der Waals surface area contributed by atoms with E-state index in [1.807, 2.05) is 42.6 Å². The van der Waals surface area contributed by atoms with Gasteiger partial charge >= 0.3 is 0 Å². The predicted molar refractivity (Wildman–Crippen MR) is 135 cm³/mol. The van der Waals surface area contributed by atoms with Gasteiger partial charge in [-0.25, -0.2) is 0 Å². The molecule has 0 saturated carbocycles. The Morgan fingerprint density at radius 1 is 0.938 bits per heavy atom. The summed E-state index contributed by atoms with van der Waals surface area (Å²) in [4.78, 5) is 6.88. The number of methoxy groups -OCH3 is 1. The van der Waals surface area contributed by atoms with Crippen LogP contribution in [0.1, 0.15) is 19.4 Å². The largest absolute Gasteiger partial charge is 0.497 e. The van der Waals surface area contributed by atoms with Crippen molar-refractivity contribution in [2.24, 2.45) is 0 Å². The minimum Gasteiger partial charge on any atom is -0.497 e. The average Bonchev–Trinajstić information content (AvgIpc) is 2.82. The number of anilines is 2. The van der Waals surface area contributed by atoms with E-state index < -0.39 is 0 Å². The number of hydrogen-bond donors (Lipinski definition) is 1. The Morgan fingerprint density at radius 3 is 2.44 bits per heavy atom. The molecule has 1 N–H and O–H groups in total. The Balaban J connectivity index is 1.72. The highest BCUT2D eigenvalue weighted by Gasteiger charge is 2.11. The van der Waals surface area contributed by atoms with Crippen molar-refractivity contribution in [3.8, 4) is 16.9 Å². The lowest BCUT2D eigenvalue weighted by Crippen LogP contribution is -2.22. The summed E-state index contributed by atoms with van der Waals surface area (Å²) in [5.74, 6) is 0.863. The van der Waals surface area contributed by atoms with Gasteiger partial charge in [-0.2, -0.15) is 0 Å². The molecule has 3 aromatic carbocycles. The van der Waals surface area contributed by atoms with Crippen molar-refractivity contribution in [2.45, 2.75) is 20.4 Å². The number of rotatable bonds is 8. The van der Waals surface area contributed by atoms with E-state index in [-0.39, 0.29) is 0 Å². The summed E-state index contributed by atoms with van der Waals surface area (Å²) < 4.78 is 5.33. The second-order valence-corrected chi connectivity index (χ2v) is 8.14. The van der Waals surface area contributed by atoms with Crippen molar-refractivity contribution < 1.29 is 4.74 Å². The van der Waals surface area contributed by atoms with Gasteiger partial charge in [0.2, 0.25) is 0 Å². The van der Waals surface area contributed by atoms with Crippen molar-refractivity contribution in [1.82, 2.24) is 9.88 Å². The first kappa shape index (κ1) is 22.1. The fraction of sp³-hybridized carbons (Fsp3) is 0.222. The molecular weight excluding hydrogens is 418 g/mol. The van der Waals surface area contributed by atoms with Crippen LogP contribution in [0.5, 0.6) is 5.75 Å². The van der Waals surface area contributed by atoms with Crippen molar-refractivity contribution in [2.75, 3.05) is 25.5 Å². The zero-order valence-corrected chi connectivity index (χ0v) is 19.5. The monoisotopic (exact) mass is 445 g/mol. The fourth-order valence-corrected chi connectivity index (χ4v) is 4.09. The number of ether oxygens (including phenoxy) is 1. The first-order chi connectivity index (χ1) is 15.6. The topological polar surface area (TPSA) is 37.4 Å². The molecule has 1 heterocycles. The number of nitrogens with one attached hydrogen (secondary N) is 1. The van der Waals surface area contributed by atoms with Gasteiger partial charge in [-0.05, 0) is 78.3 Å².